The fourth-order valence-electron chi connectivity index (χ4n) is 3.03. The summed E-state index contributed by atoms with van der Waals surface area (Å²) in [6.45, 7) is 4.55. The summed E-state index contributed by atoms with van der Waals surface area (Å²) in [4.78, 5) is 4.32. The lowest BCUT2D eigenvalue weighted by atomic mass is 9.96. The van der Waals surface area contributed by atoms with Crippen LogP contribution in [0.2, 0.25) is 5.02 Å². The van der Waals surface area contributed by atoms with Crippen molar-refractivity contribution < 1.29 is 0 Å². The van der Waals surface area contributed by atoms with Crippen molar-refractivity contribution in [3.05, 3.63) is 47.0 Å². The molecule has 0 radical (unpaired) electrons. The van der Waals surface area contributed by atoms with Gasteiger partial charge < -0.3 is 15.2 Å². The minimum absolute atomic E-state index is 0.214. The molecule has 1 fully saturated rings. The number of hydrogen-bond donors (Lipinski definition) is 2. The third-order valence-corrected chi connectivity index (χ3v) is 5.04. The summed E-state index contributed by atoms with van der Waals surface area (Å²) in [6, 6.07) is 8.19. The largest absolute Gasteiger partial charge is 0.356 e. The molecule has 0 bridgehead atoms. The highest BCUT2D eigenvalue weighted by molar-refractivity contribution is 6.30. The molecule has 3 rings (SSSR count). The monoisotopic (exact) mass is 360 g/mol. The van der Waals surface area contributed by atoms with Crippen LogP contribution in [0.25, 0.3) is 0 Å². The average molecular weight is 361 g/mol. The van der Waals surface area contributed by atoms with Crippen LogP contribution in [0.15, 0.2) is 35.6 Å². The van der Waals surface area contributed by atoms with Crippen molar-refractivity contribution in [2.75, 3.05) is 20.1 Å². The first-order valence-electron chi connectivity index (χ1n) is 8.74. The second-order valence-corrected chi connectivity index (χ2v) is 6.87. The van der Waals surface area contributed by atoms with Crippen LogP contribution in [0.1, 0.15) is 31.2 Å². The van der Waals surface area contributed by atoms with Gasteiger partial charge in [0.15, 0.2) is 5.96 Å². The summed E-state index contributed by atoms with van der Waals surface area (Å²) < 4.78 is 2.07. The Morgan fingerprint density at radius 2 is 2.04 bits per heavy atom. The molecule has 0 unspecified atom stereocenters. The number of nitrogens with one attached hydrogen (secondary N) is 2. The van der Waals surface area contributed by atoms with Gasteiger partial charge in [0.1, 0.15) is 12.2 Å². The number of nitrogens with zero attached hydrogens (tertiary/aromatic N) is 4. The van der Waals surface area contributed by atoms with Gasteiger partial charge in [0.2, 0.25) is 0 Å². The third kappa shape index (κ3) is 4.31. The summed E-state index contributed by atoms with van der Waals surface area (Å²) in [6.07, 6.45) is 5.05. The van der Waals surface area contributed by atoms with Gasteiger partial charge in [-0.05, 0) is 30.5 Å². The maximum absolute atomic E-state index is 6.00. The molecule has 2 N–H and O–H groups in total. The topological polar surface area (TPSA) is 67.1 Å². The third-order valence-electron chi connectivity index (χ3n) is 4.79. The minimum Gasteiger partial charge on any atom is -0.356 e. The highest BCUT2D eigenvalue weighted by Gasteiger charge is 2.44. The Morgan fingerprint density at radius 1 is 1.28 bits per heavy atom. The molecule has 2 aromatic rings. The number of hydrogen-bond acceptors (Lipinski definition) is 3. The van der Waals surface area contributed by atoms with Gasteiger partial charge in [0, 0.05) is 43.5 Å². The molecule has 1 saturated carbocycles. The Balaban J connectivity index is 1.49. The van der Waals surface area contributed by atoms with E-state index in [2.05, 4.69) is 49.4 Å². The molecule has 25 heavy (non-hydrogen) atoms. The van der Waals surface area contributed by atoms with E-state index in [1.165, 1.54) is 18.4 Å². The van der Waals surface area contributed by atoms with Gasteiger partial charge in [-0.2, -0.15) is 0 Å². The maximum atomic E-state index is 6.00. The molecular weight excluding hydrogens is 336 g/mol. The lowest BCUT2D eigenvalue weighted by Gasteiger charge is -2.19. The summed E-state index contributed by atoms with van der Waals surface area (Å²) in [7, 11) is 1.80. The summed E-state index contributed by atoms with van der Waals surface area (Å²) >= 11 is 6.00. The molecule has 1 aromatic heterocycles. The van der Waals surface area contributed by atoms with Crippen molar-refractivity contribution in [3.8, 4) is 0 Å². The Bertz CT molecular complexity index is 717. The molecule has 0 atom stereocenters. The summed E-state index contributed by atoms with van der Waals surface area (Å²) in [5.41, 5.74) is 1.56. The number of aliphatic imine (C=N–C) groups is 1. The lowest BCUT2D eigenvalue weighted by molar-refractivity contribution is 0.615. The predicted octanol–water partition coefficient (Wildman–Crippen LogP) is 2.39. The van der Waals surface area contributed by atoms with Crippen LogP contribution in [-0.2, 0) is 18.4 Å². The van der Waals surface area contributed by atoms with E-state index in [1.54, 1.807) is 13.4 Å². The first-order chi connectivity index (χ1) is 12.2. The van der Waals surface area contributed by atoms with Crippen molar-refractivity contribution in [3.63, 3.8) is 0 Å². The van der Waals surface area contributed by atoms with E-state index in [4.69, 9.17) is 11.6 Å². The second-order valence-electron chi connectivity index (χ2n) is 6.43. The van der Waals surface area contributed by atoms with E-state index in [0.29, 0.717) is 0 Å². The highest BCUT2D eigenvalue weighted by Crippen LogP contribution is 2.47. The lowest BCUT2D eigenvalue weighted by Crippen LogP contribution is -2.42. The maximum Gasteiger partial charge on any atom is 0.191 e. The average Bonchev–Trinajstić information content (AvgIpc) is 3.28. The molecule has 1 aliphatic rings. The van der Waals surface area contributed by atoms with Crippen molar-refractivity contribution in [1.82, 2.24) is 25.4 Å². The van der Waals surface area contributed by atoms with E-state index < -0.39 is 0 Å². The molecule has 7 heteroatoms. The molecule has 0 saturated heterocycles. The van der Waals surface area contributed by atoms with Crippen molar-refractivity contribution in [2.45, 2.75) is 38.1 Å². The van der Waals surface area contributed by atoms with Crippen LogP contribution in [0.4, 0.5) is 0 Å². The molecule has 1 aromatic carbocycles. The fourth-order valence-corrected chi connectivity index (χ4v) is 3.16. The van der Waals surface area contributed by atoms with Crippen LogP contribution >= 0.6 is 11.6 Å². The number of aromatic nitrogens is 3. The van der Waals surface area contributed by atoms with Gasteiger partial charge in [-0.1, -0.05) is 30.7 Å². The zero-order valence-corrected chi connectivity index (χ0v) is 15.6. The van der Waals surface area contributed by atoms with Gasteiger partial charge in [0.05, 0.1) is 0 Å². The van der Waals surface area contributed by atoms with E-state index in [0.717, 1.165) is 42.9 Å². The quantitative estimate of drug-likeness (QED) is 0.587. The Kier molecular flexibility index (Phi) is 5.58. The van der Waals surface area contributed by atoms with E-state index in [9.17, 15) is 0 Å². The standard InChI is InChI=1S/C18H25ClN6/c1-3-16-24-23-13-25(16)11-10-21-17(20-2)22-12-18(8-9-18)14-4-6-15(19)7-5-14/h4-7,13H,3,8-12H2,1-2H3,(H2,20,21,22). The molecule has 0 aliphatic heterocycles. The normalized spacial score (nSPS) is 15.9. The molecule has 1 heterocycles. The number of benzene rings is 1. The Morgan fingerprint density at radius 3 is 2.68 bits per heavy atom. The van der Waals surface area contributed by atoms with Gasteiger partial charge in [-0.3, -0.25) is 4.99 Å². The van der Waals surface area contributed by atoms with Crippen LogP contribution in [0.5, 0.6) is 0 Å². The highest BCUT2D eigenvalue weighted by atomic mass is 35.5. The van der Waals surface area contributed by atoms with Crippen LogP contribution in [-0.4, -0.2) is 40.9 Å². The first-order valence-corrected chi connectivity index (χ1v) is 9.12. The number of rotatable bonds is 7. The molecular formula is C18H25ClN6. The minimum atomic E-state index is 0.214. The molecule has 1 aliphatic carbocycles. The summed E-state index contributed by atoms with van der Waals surface area (Å²) in [5, 5.41) is 15.7. The first kappa shape index (κ1) is 17.7. The van der Waals surface area contributed by atoms with Crippen LogP contribution in [0, 0.1) is 0 Å². The Labute approximate surface area is 153 Å². The second kappa shape index (κ2) is 7.87. The molecule has 6 nitrogen and oxygen atoms in total. The number of halogens is 1. The number of aryl methyl sites for hydroxylation is 1. The van der Waals surface area contributed by atoms with Gasteiger partial charge in [0.25, 0.3) is 0 Å². The fraction of sp³-hybridized carbons (Fsp3) is 0.500. The van der Waals surface area contributed by atoms with Gasteiger partial charge in [-0.15, -0.1) is 10.2 Å². The van der Waals surface area contributed by atoms with Gasteiger partial charge >= 0.3 is 0 Å². The molecule has 0 spiro atoms. The molecule has 0 amide bonds. The number of guanidine groups is 1. The van der Waals surface area contributed by atoms with Crippen LogP contribution in [0.3, 0.4) is 0 Å². The van der Waals surface area contributed by atoms with Gasteiger partial charge in [-0.25, -0.2) is 0 Å². The van der Waals surface area contributed by atoms with E-state index in [-0.39, 0.29) is 5.41 Å². The van der Waals surface area contributed by atoms with Crippen molar-refractivity contribution in [2.24, 2.45) is 4.99 Å². The zero-order chi connectivity index (χ0) is 17.7. The predicted molar refractivity (Wildman–Crippen MR) is 101 cm³/mol. The zero-order valence-electron chi connectivity index (χ0n) is 14.8. The van der Waals surface area contributed by atoms with Crippen molar-refractivity contribution in [1.29, 1.82) is 0 Å². The van der Waals surface area contributed by atoms with E-state index >= 15 is 0 Å². The summed E-state index contributed by atoms with van der Waals surface area (Å²) in [5.74, 6) is 1.83. The molecule has 134 valence electrons. The SMILES string of the molecule is CCc1nncn1CCNC(=NC)NCC1(c2ccc(Cl)cc2)CC1. The smallest absolute Gasteiger partial charge is 0.191 e. The Hall–Kier alpha value is -2.08. The van der Waals surface area contributed by atoms with Crippen molar-refractivity contribution >= 4 is 17.6 Å². The van der Waals surface area contributed by atoms with Crippen LogP contribution < -0.4 is 10.6 Å². The van der Waals surface area contributed by atoms with E-state index in [1.807, 2.05) is 12.1 Å².